The molecular formula is C86H148N2. The smallest absolute Gasteiger partial charge is 0.135 e. The van der Waals surface area contributed by atoms with Crippen molar-refractivity contribution in [3.63, 3.8) is 0 Å². The van der Waals surface area contributed by atoms with E-state index < -0.39 is 0 Å². The van der Waals surface area contributed by atoms with Crippen molar-refractivity contribution in [2.24, 2.45) is 9.98 Å². The van der Waals surface area contributed by atoms with E-state index in [-0.39, 0.29) is 0 Å². The summed E-state index contributed by atoms with van der Waals surface area (Å²) in [5.41, 5.74) is 6.28. The fraction of sp³-hybridized carbons (Fsp3) is 0.767. The Labute approximate surface area is 551 Å². The Morgan fingerprint density at radius 2 is 0.511 bits per heavy atom. The molecule has 0 bridgehead atoms. The van der Waals surface area contributed by atoms with Crippen molar-refractivity contribution in [3.05, 3.63) is 71.8 Å². The molecule has 0 spiro atoms. The zero-order chi connectivity index (χ0) is 62.6. The Kier molecular flexibility index (Phi) is 61.4. The second-order valence-electron chi connectivity index (χ2n) is 27.5. The van der Waals surface area contributed by atoms with E-state index in [2.05, 4.69) is 112 Å². The number of rotatable bonds is 66. The molecule has 0 aliphatic carbocycles. The molecule has 2 nitrogen and oxygen atoms in total. The minimum atomic E-state index is 0.831. The van der Waals surface area contributed by atoms with Crippen molar-refractivity contribution in [1.82, 2.24) is 0 Å². The standard InChI is InChI=1S/C86H148N2/c1-5-9-13-16-19-22-24-26-28-30-32-34-36-38-40-42-44-46-48-50-52-54-56-58-60-63-66-69-81-73-77-83(78-74-81)87-85(71-12-8-4)86(72-68-65-62-21-18-15-11-7-3)88-84-79-75-82(76-80-84)70-67-64-61-59-57-55-53-51-49-47-45-43-41-39-37-35-33-31-29-27-25-23-20-17-14-10-6-2/h66-67,69-70,73-80H,5-65,71H2,1-4H3. The molecule has 88 heavy (non-hydrogen) atoms. The number of nitrogens with zero attached hydrogens (tertiary/aromatic N) is 2. The van der Waals surface area contributed by atoms with Gasteiger partial charge in [0.1, 0.15) is 5.71 Å². The molecule has 502 valence electrons. The molecule has 0 saturated heterocycles. The lowest BCUT2D eigenvalue weighted by Gasteiger charge is -2.07. The highest BCUT2D eigenvalue weighted by atomic mass is 14.8. The molecule has 2 aromatic carbocycles. The average Bonchev–Trinajstić information content (AvgIpc) is 3.72. The number of hydrogen-bond donors (Lipinski definition) is 0. The van der Waals surface area contributed by atoms with Crippen LogP contribution in [0, 0.1) is 11.8 Å². The normalized spacial score (nSPS) is 12.1. The molecule has 2 rings (SSSR count). The van der Waals surface area contributed by atoms with Gasteiger partial charge in [-0.2, -0.15) is 0 Å². The number of aliphatic imine (C=N–C) groups is 2. The molecule has 0 heterocycles. The van der Waals surface area contributed by atoms with Crippen LogP contribution in [0.15, 0.2) is 70.7 Å². The van der Waals surface area contributed by atoms with Gasteiger partial charge in [0.2, 0.25) is 0 Å². The van der Waals surface area contributed by atoms with Crippen LogP contribution < -0.4 is 0 Å². The van der Waals surface area contributed by atoms with Crippen molar-refractivity contribution >= 4 is 35.0 Å². The van der Waals surface area contributed by atoms with Crippen molar-refractivity contribution < 1.29 is 0 Å². The second kappa shape index (κ2) is 66.7. The van der Waals surface area contributed by atoms with Crippen molar-refractivity contribution in [3.8, 4) is 11.8 Å². The molecule has 0 unspecified atom stereocenters. The van der Waals surface area contributed by atoms with Crippen LogP contribution in [0.5, 0.6) is 0 Å². The number of benzene rings is 2. The first-order valence-corrected chi connectivity index (χ1v) is 39.9. The molecule has 2 heteroatoms. The van der Waals surface area contributed by atoms with E-state index in [1.54, 1.807) is 0 Å². The highest BCUT2D eigenvalue weighted by molar-refractivity contribution is 6.49. The van der Waals surface area contributed by atoms with E-state index in [9.17, 15) is 0 Å². The molecular weight excluding hydrogens is 1060 g/mol. The molecule has 0 fully saturated rings. The van der Waals surface area contributed by atoms with Crippen LogP contribution in [-0.4, -0.2) is 11.4 Å². The van der Waals surface area contributed by atoms with Crippen LogP contribution in [0.1, 0.15) is 437 Å². The maximum Gasteiger partial charge on any atom is 0.135 e. The third-order valence-electron chi connectivity index (χ3n) is 18.8. The first-order valence-electron chi connectivity index (χ1n) is 39.9. The zero-order valence-corrected chi connectivity index (χ0v) is 59.7. The van der Waals surface area contributed by atoms with E-state index in [1.807, 2.05) is 0 Å². The average molecular weight is 1210 g/mol. The first-order chi connectivity index (χ1) is 43.7. The number of hydrogen-bond acceptors (Lipinski definition) is 2. The molecule has 0 amide bonds. The van der Waals surface area contributed by atoms with E-state index in [4.69, 9.17) is 9.98 Å². The van der Waals surface area contributed by atoms with Gasteiger partial charge in [-0.3, -0.25) is 4.99 Å². The quantitative estimate of drug-likeness (QED) is 0.0358. The van der Waals surface area contributed by atoms with Gasteiger partial charge < -0.3 is 0 Å². The summed E-state index contributed by atoms with van der Waals surface area (Å²) < 4.78 is 0. The summed E-state index contributed by atoms with van der Waals surface area (Å²) in [7, 11) is 0. The van der Waals surface area contributed by atoms with Gasteiger partial charge in [-0.15, -0.1) is 0 Å². The third-order valence-corrected chi connectivity index (χ3v) is 18.8. The molecule has 0 radical (unpaired) electrons. The summed E-state index contributed by atoms with van der Waals surface area (Å²) in [5, 5.41) is 0. The largest absolute Gasteiger partial charge is 0.251 e. The monoisotopic (exact) mass is 1210 g/mol. The fourth-order valence-corrected chi connectivity index (χ4v) is 12.7. The van der Waals surface area contributed by atoms with Crippen LogP contribution in [0.3, 0.4) is 0 Å². The SMILES string of the molecule is CCCCCCCCC#CC(=Nc1ccc(C=CCCCCCCCCCCCCCCCCCCCCCCCCCCC)cc1)C(CCCC)=Nc1ccc(C=CCCCCCCCCCCCCCCCCCCCCCCCCCCC)cc1. The minimum absolute atomic E-state index is 0.831. The Balaban J connectivity index is 1.65. The van der Waals surface area contributed by atoms with Crippen LogP contribution in [0.25, 0.3) is 12.2 Å². The maximum atomic E-state index is 5.27. The summed E-state index contributed by atoms with van der Waals surface area (Å²) in [4.78, 5) is 10.5. The molecule has 0 atom stereocenters. The van der Waals surface area contributed by atoms with E-state index in [1.165, 1.54) is 364 Å². The molecule has 0 aliphatic heterocycles. The van der Waals surface area contributed by atoms with Gasteiger partial charge in [-0.25, -0.2) is 4.99 Å². The summed E-state index contributed by atoms with van der Waals surface area (Å²) >= 11 is 0. The third kappa shape index (κ3) is 54.5. The minimum Gasteiger partial charge on any atom is -0.251 e. The Bertz CT molecular complexity index is 1920. The summed E-state index contributed by atoms with van der Waals surface area (Å²) in [6.07, 6.45) is 95.4. The van der Waals surface area contributed by atoms with Gasteiger partial charge in [-0.1, -0.05) is 429 Å². The highest BCUT2D eigenvalue weighted by Gasteiger charge is 2.09. The molecule has 0 aliphatic rings. The van der Waals surface area contributed by atoms with Crippen molar-refractivity contribution in [1.29, 1.82) is 0 Å². The lowest BCUT2D eigenvalue weighted by atomic mass is 10.0. The Hall–Kier alpha value is -3.18. The van der Waals surface area contributed by atoms with Gasteiger partial charge in [-0.05, 0) is 86.3 Å². The lowest BCUT2D eigenvalue weighted by molar-refractivity contribution is 0.516. The highest BCUT2D eigenvalue weighted by Crippen LogP contribution is 2.23. The van der Waals surface area contributed by atoms with Gasteiger partial charge in [0.15, 0.2) is 0 Å². The van der Waals surface area contributed by atoms with Crippen LogP contribution >= 0.6 is 0 Å². The Morgan fingerprint density at radius 3 is 0.784 bits per heavy atom. The van der Waals surface area contributed by atoms with Crippen molar-refractivity contribution in [2.75, 3.05) is 0 Å². The van der Waals surface area contributed by atoms with Gasteiger partial charge in [0.25, 0.3) is 0 Å². The zero-order valence-electron chi connectivity index (χ0n) is 59.7. The molecule has 0 saturated carbocycles. The van der Waals surface area contributed by atoms with E-state index in [0.717, 1.165) is 67.7 Å². The number of allylic oxidation sites excluding steroid dienone is 2. The molecule has 0 N–H and O–H groups in total. The topological polar surface area (TPSA) is 24.7 Å². The van der Waals surface area contributed by atoms with Gasteiger partial charge in [0.05, 0.1) is 17.1 Å². The summed E-state index contributed by atoms with van der Waals surface area (Å²) in [6.45, 7) is 9.18. The van der Waals surface area contributed by atoms with E-state index in [0.29, 0.717) is 0 Å². The first kappa shape index (κ1) is 80.9. The van der Waals surface area contributed by atoms with Gasteiger partial charge in [0, 0.05) is 6.42 Å². The maximum absolute atomic E-state index is 5.27. The summed E-state index contributed by atoms with van der Waals surface area (Å²) in [5.74, 6) is 7.09. The van der Waals surface area contributed by atoms with Crippen LogP contribution in [0.4, 0.5) is 11.4 Å². The fourth-order valence-electron chi connectivity index (χ4n) is 12.7. The Morgan fingerprint density at radius 1 is 0.273 bits per heavy atom. The second-order valence-corrected chi connectivity index (χ2v) is 27.5. The van der Waals surface area contributed by atoms with Crippen molar-refractivity contribution in [2.45, 2.75) is 426 Å². The van der Waals surface area contributed by atoms with Gasteiger partial charge >= 0.3 is 0 Å². The van der Waals surface area contributed by atoms with Crippen LogP contribution in [-0.2, 0) is 0 Å². The predicted octanol–water partition coefficient (Wildman–Crippen LogP) is 30.8. The number of unbranched alkanes of at least 4 members (excludes halogenated alkanes) is 57. The predicted molar refractivity (Wildman–Crippen MR) is 402 cm³/mol. The molecule has 2 aromatic rings. The lowest BCUT2D eigenvalue weighted by Crippen LogP contribution is -2.12. The van der Waals surface area contributed by atoms with E-state index >= 15 is 0 Å². The van der Waals surface area contributed by atoms with Crippen LogP contribution in [0.2, 0.25) is 0 Å². The molecule has 0 aromatic heterocycles. The summed E-state index contributed by atoms with van der Waals surface area (Å²) in [6, 6.07) is 17.6.